The summed E-state index contributed by atoms with van der Waals surface area (Å²) in [5.41, 5.74) is -1.04. The Morgan fingerprint density at radius 2 is 1.35 bits per heavy atom. The number of aliphatic hydroxyl groups excluding tert-OH is 7. The van der Waals surface area contributed by atoms with Crippen molar-refractivity contribution in [3.05, 3.63) is 0 Å². The molecule has 4 unspecified atom stereocenters. The maximum atomic E-state index is 10.1. The molecular weight excluding hydrogens is 336 g/mol. The lowest BCUT2D eigenvalue weighted by atomic mass is 9.97. The molecule has 0 aliphatic carbocycles. The van der Waals surface area contributed by atoms with Crippen molar-refractivity contribution in [3.8, 4) is 0 Å². The maximum absolute atomic E-state index is 10.1. The lowest BCUT2D eigenvalue weighted by Crippen LogP contribution is -2.63. The summed E-state index contributed by atoms with van der Waals surface area (Å²) >= 11 is 3.92. The summed E-state index contributed by atoms with van der Waals surface area (Å²) in [4.78, 5) is 0. The normalized spacial score (nSPS) is 51.7. The lowest BCUT2D eigenvalue weighted by Gasteiger charge is -2.45. The summed E-state index contributed by atoms with van der Waals surface area (Å²) in [7, 11) is 0. The third-order valence-corrected chi connectivity index (χ3v) is 4.41. The Morgan fingerprint density at radius 1 is 0.739 bits per heavy atom. The highest BCUT2D eigenvalue weighted by atomic mass is 32.1. The van der Waals surface area contributed by atoms with Gasteiger partial charge < -0.3 is 50.0 Å². The molecule has 2 aliphatic heterocycles. The van der Waals surface area contributed by atoms with Crippen molar-refractivity contribution in [2.45, 2.75) is 60.6 Å². The van der Waals surface area contributed by atoms with Crippen molar-refractivity contribution in [3.63, 3.8) is 0 Å². The van der Waals surface area contributed by atoms with Gasteiger partial charge in [0.05, 0.1) is 13.2 Å². The smallest absolute Gasteiger partial charge is 0.187 e. The van der Waals surface area contributed by atoms with E-state index in [0.717, 1.165) is 0 Å². The van der Waals surface area contributed by atoms with E-state index in [1.807, 2.05) is 0 Å². The van der Waals surface area contributed by atoms with Crippen LogP contribution in [-0.2, 0) is 14.2 Å². The first-order valence-corrected chi connectivity index (χ1v) is 7.60. The Hall–Kier alpha value is -0.0500. The molecule has 0 saturated carbocycles. The van der Waals surface area contributed by atoms with Gasteiger partial charge in [-0.2, -0.15) is 0 Å². The van der Waals surface area contributed by atoms with E-state index in [-0.39, 0.29) is 0 Å². The van der Waals surface area contributed by atoms with Crippen LogP contribution in [0.2, 0.25) is 0 Å². The second kappa shape index (κ2) is 7.89. The Morgan fingerprint density at radius 3 is 1.91 bits per heavy atom. The fraction of sp³-hybridized carbons (Fsp3) is 1.00. The van der Waals surface area contributed by atoms with Gasteiger partial charge in [-0.3, -0.25) is 0 Å². The van der Waals surface area contributed by atoms with Crippen LogP contribution in [0.3, 0.4) is 0 Å². The van der Waals surface area contributed by atoms with Crippen molar-refractivity contribution in [2.75, 3.05) is 13.2 Å². The predicted octanol–water partition coefficient (Wildman–Crippen LogP) is -4.46. The summed E-state index contributed by atoms with van der Waals surface area (Å²) in [5, 5.41) is 67.6. The third kappa shape index (κ3) is 3.80. The van der Waals surface area contributed by atoms with E-state index in [9.17, 15) is 30.6 Å². The quantitative estimate of drug-likeness (QED) is 0.229. The number of rotatable bonds is 4. The zero-order chi connectivity index (χ0) is 17.3. The number of hydrogen-bond acceptors (Lipinski definition) is 11. The van der Waals surface area contributed by atoms with Crippen molar-refractivity contribution in [2.24, 2.45) is 0 Å². The molecule has 10 nitrogen and oxygen atoms in total. The fourth-order valence-electron chi connectivity index (χ4n) is 2.57. The molecule has 0 bridgehead atoms. The van der Waals surface area contributed by atoms with E-state index in [1.54, 1.807) is 0 Å². The van der Waals surface area contributed by atoms with Crippen LogP contribution in [0.25, 0.3) is 0 Å². The lowest BCUT2D eigenvalue weighted by molar-refractivity contribution is -0.338. The van der Waals surface area contributed by atoms with Gasteiger partial charge in [0.25, 0.3) is 0 Å². The molecule has 0 spiro atoms. The molecule has 2 heterocycles. The SMILES string of the molecule is OCC1O[C@H](O[C@@H]2C(CO)O[C@@H](S)[C@@H](O)C2O)[C@@H](O)C(O)[C@@H]1O. The van der Waals surface area contributed by atoms with E-state index < -0.39 is 73.8 Å². The Labute approximate surface area is 137 Å². The molecule has 0 aromatic rings. The van der Waals surface area contributed by atoms with Gasteiger partial charge in [-0.05, 0) is 0 Å². The molecule has 2 aliphatic rings. The summed E-state index contributed by atoms with van der Waals surface area (Å²) in [6.45, 7) is -1.21. The molecule has 10 atom stereocenters. The van der Waals surface area contributed by atoms with Crippen LogP contribution in [0, 0.1) is 0 Å². The second-order valence-corrected chi connectivity index (χ2v) is 6.04. The van der Waals surface area contributed by atoms with Crippen LogP contribution in [0.15, 0.2) is 0 Å². The van der Waals surface area contributed by atoms with Crippen molar-refractivity contribution in [1.29, 1.82) is 0 Å². The molecule has 2 rings (SSSR count). The molecule has 0 amide bonds. The highest BCUT2D eigenvalue weighted by Gasteiger charge is 2.49. The summed E-state index contributed by atoms with van der Waals surface area (Å²) in [6, 6.07) is 0. The number of hydrogen-bond donors (Lipinski definition) is 8. The standard InChI is InChI=1S/C12H22O10S/c13-1-3-5(15)6(16)8(18)11(20-3)22-10-4(2-14)21-12(23)9(19)7(10)17/h3-19,23H,1-2H2/t3?,4?,5-,6?,7?,8+,9+,10-,11-,12+/m1/s1. The minimum absolute atomic E-state index is 0.567. The predicted molar refractivity (Wildman–Crippen MR) is 75.4 cm³/mol. The van der Waals surface area contributed by atoms with Gasteiger partial charge in [-0.1, -0.05) is 0 Å². The van der Waals surface area contributed by atoms with Gasteiger partial charge in [-0.25, -0.2) is 0 Å². The first-order valence-electron chi connectivity index (χ1n) is 7.08. The van der Waals surface area contributed by atoms with Crippen LogP contribution >= 0.6 is 12.6 Å². The molecule has 2 saturated heterocycles. The molecule has 11 heteroatoms. The van der Waals surface area contributed by atoms with Crippen molar-refractivity contribution >= 4 is 12.6 Å². The van der Waals surface area contributed by atoms with Crippen molar-refractivity contribution < 1.29 is 50.0 Å². The van der Waals surface area contributed by atoms with Gasteiger partial charge in [0.15, 0.2) is 6.29 Å². The molecule has 136 valence electrons. The molecule has 0 aromatic carbocycles. The molecular formula is C12H22O10S. The highest BCUT2D eigenvalue weighted by Crippen LogP contribution is 2.29. The monoisotopic (exact) mass is 358 g/mol. The van der Waals surface area contributed by atoms with Crippen LogP contribution in [0.5, 0.6) is 0 Å². The van der Waals surface area contributed by atoms with E-state index >= 15 is 0 Å². The summed E-state index contributed by atoms with van der Waals surface area (Å²) in [6.07, 6.45) is -12.9. The summed E-state index contributed by atoms with van der Waals surface area (Å²) in [5.74, 6) is 0. The maximum Gasteiger partial charge on any atom is 0.187 e. The Balaban J connectivity index is 2.11. The number of aliphatic hydroxyl groups is 7. The largest absolute Gasteiger partial charge is 0.394 e. The summed E-state index contributed by atoms with van der Waals surface area (Å²) < 4.78 is 15.7. The fourth-order valence-corrected chi connectivity index (χ4v) is 2.90. The topological polar surface area (TPSA) is 169 Å². The molecule has 0 aromatic heterocycles. The van der Waals surface area contributed by atoms with E-state index in [1.165, 1.54) is 0 Å². The van der Waals surface area contributed by atoms with Crippen LogP contribution in [-0.4, -0.2) is 110 Å². The number of ether oxygens (including phenoxy) is 3. The first kappa shape index (κ1) is 19.3. The van der Waals surface area contributed by atoms with Crippen LogP contribution in [0.1, 0.15) is 0 Å². The minimum Gasteiger partial charge on any atom is -0.394 e. The Kier molecular flexibility index (Phi) is 6.61. The number of thiol groups is 1. The van der Waals surface area contributed by atoms with Gasteiger partial charge >= 0.3 is 0 Å². The zero-order valence-electron chi connectivity index (χ0n) is 12.0. The molecule has 7 N–H and O–H groups in total. The van der Waals surface area contributed by atoms with Crippen molar-refractivity contribution in [1.82, 2.24) is 0 Å². The minimum atomic E-state index is -1.68. The van der Waals surface area contributed by atoms with E-state index in [0.29, 0.717) is 0 Å². The van der Waals surface area contributed by atoms with Gasteiger partial charge in [0.1, 0.15) is 54.3 Å². The van der Waals surface area contributed by atoms with Gasteiger partial charge in [0.2, 0.25) is 0 Å². The first-order chi connectivity index (χ1) is 10.8. The van der Waals surface area contributed by atoms with E-state index in [4.69, 9.17) is 19.3 Å². The molecule has 0 radical (unpaired) electrons. The third-order valence-electron chi connectivity index (χ3n) is 3.98. The Bertz CT molecular complexity index is 383. The molecule has 2 fully saturated rings. The average Bonchev–Trinajstić information content (AvgIpc) is 2.55. The van der Waals surface area contributed by atoms with Gasteiger partial charge in [0, 0.05) is 0 Å². The zero-order valence-corrected chi connectivity index (χ0v) is 12.9. The van der Waals surface area contributed by atoms with Crippen LogP contribution in [0.4, 0.5) is 0 Å². The van der Waals surface area contributed by atoms with E-state index in [2.05, 4.69) is 12.6 Å². The molecule has 23 heavy (non-hydrogen) atoms. The average molecular weight is 358 g/mol. The highest BCUT2D eigenvalue weighted by molar-refractivity contribution is 7.80. The second-order valence-electron chi connectivity index (χ2n) is 5.53. The van der Waals surface area contributed by atoms with Gasteiger partial charge in [-0.15, -0.1) is 12.6 Å². The van der Waals surface area contributed by atoms with Crippen LogP contribution < -0.4 is 0 Å².